The third kappa shape index (κ3) is 2.44. The summed E-state index contributed by atoms with van der Waals surface area (Å²) in [4.78, 5) is 12.5. The molecule has 0 saturated heterocycles. The lowest BCUT2D eigenvalue weighted by Crippen LogP contribution is -2.17. The summed E-state index contributed by atoms with van der Waals surface area (Å²) in [5.41, 5.74) is 1.76. The molecule has 0 spiro atoms. The van der Waals surface area contributed by atoms with Gasteiger partial charge in [-0.15, -0.1) is 0 Å². The topological polar surface area (TPSA) is 51.3 Å². The van der Waals surface area contributed by atoms with E-state index in [1.165, 1.54) is 12.1 Å². The molecule has 1 N–H and O–H groups in total. The average molecular weight is 320 g/mol. The summed E-state index contributed by atoms with van der Waals surface area (Å²) in [5, 5.41) is 6.94. The van der Waals surface area contributed by atoms with Gasteiger partial charge in [-0.05, 0) is 48.5 Å². The van der Waals surface area contributed by atoms with Crippen molar-refractivity contribution in [3.63, 3.8) is 0 Å². The highest BCUT2D eigenvalue weighted by molar-refractivity contribution is 6.03. The second-order valence-corrected chi connectivity index (χ2v) is 5.28. The zero-order chi connectivity index (χ0) is 16.5. The summed E-state index contributed by atoms with van der Waals surface area (Å²) in [7, 11) is 0. The van der Waals surface area contributed by atoms with Crippen molar-refractivity contribution in [3.8, 4) is 5.82 Å². The highest BCUT2D eigenvalue weighted by Gasteiger charge is 2.15. The molecule has 0 aliphatic carbocycles. The number of halogens is 1. The van der Waals surface area contributed by atoms with Crippen LogP contribution in [-0.2, 0) is 0 Å². The van der Waals surface area contributed by atoms with Crippen molar-refractivity contribution in [2.75, 3.05) is 5.32 Å². The van der Waals surface area contributed by atoms with Crippen LogP contribution in [-0.4, -0.2) is 20.1 Å². The highest BCUT2D eigenvalue weighted by Crippen LogP contribution is 2.17. The van der Waals surface area contributed by atoms with Crippen molar-refractivity contribution >= 4 is 17.1 Å². The number of hydrogen-bond acceptors (Lipinski definition) is 2. The van der Waals surface area contributed by atoms with Crippen LogP contribution in [0.5, 0.6) is 0 Å². The van der Waals surface area contributed by atoms with Gasteiger partial charge in [0.2, 0.25) is 0 Å². The molecule has 3 heterocycles. The van der Waals surface area contributed by atoms with Gasteiger partial charge < -0.3 is 9.72 Å². The summed E-state index contributed by atoms with van der Waals surface area (Å²) in [6.07, 6.45) is 3.46. The molecular weight excluding hydrogens is 307 g/mol. The largest absolute Gasteiger partial charge is 0.321 e. The fourth-order valence-corrected chi connectivity index (χ4v) is 2.63. The first-order valence-corrected chi connectivity index (χ1v) is 7.40. The summed E-state index contributed by atoms with van der Waals surface area (Å²) in [5.74, 6) is -0.0112. The normalized spacial score (nSPS) is 10.9. The second kappa shape index (κ2) is 5.66. The number of anilines is 1. The van der Waals surface area contributed by atoms with Gasteiger partial charge in [0.05, 0.1) is 6.20 Å². The van der Waals surface area contributed by atoms with Crippen molar-refractivity contribution in [2.24, 2.45) is 0 Å². The molecule has 3 aromatic heterocycles. The second-order valence-electron chi connectivity index (χ2n) is 5.28. The van der Waals surface area contributed by atoms with E-state index in [-0.39, 0.29) is 5.91 Å². The predicted octanol–water partition coefficient (Wildman–Crippen LogP) is 3.52. The van der Waals surface area contributed by atoms with Crippen LogP contribution in [0.15, 0.2) is 73.1 Å². The number of pyridine rings is 1. The van der Waals surface area contributed by atoms with Crippen LogP contribution in [0.2, 0.25) is 0 Å². The fourth-order valence-electron chi connectivity index (χ4n) is 2.63. The molecule has 4 rings (SSSR count). The molecular formula is C18H13FN4O. The van der Waals surface area contributed by atoms with Crippen LogP contribution in [0.3, 0.4) is 0 Å². The first kappa shape index (κ1) is 14.2. The Labute approximate surface area is 137 Å². The van der Waals surface area contributed by atoms with Crippen molar-refractivity contribution in [1.29, 1.82) is 0 Å². The molecule has 24 heavy (non-hydrogen) atoms. The SMILES string of the molecule is O=C(Nc1cccc(F)c1)c1ccnn1-c1ccc2ccccn12. The van der Waals surface area contributed by atoms with E-state index in [0.717, 1.165) is 11.3 Å². The standard InChI is InChI=1S/C18H13FN4O/c19-13-4-3-5-14(12-13)21-18(24)16-9-10-20-23(16)17-8-7-15-6-1-2-11-22(15)17/h1-12H,(H,21,24). The van der Waals surface area contributed by atoms with Crippen LogP contribution >= 0.6 is 0 Å². The maximum absolute atomic E-state index is 13.3. The average Bonchev–Trinajstić information content (AvgIpc) is 3.21. The Balaban J connectivity index is 1.71. The van der Waals surface area contributed by atoms with Crippen LogP contribution in [0.1, 0.15) is 10.5 Å². The Morgan fingerprint density at radius 2 is 1.96 bits per heavy atom. The maximum atomic E-state index is 13.3. The Bertz CT molecular complexity index is 1030. The van der Waals surface area contributed by atoms with E-state index in [2.05, 4.69) is 10.4 Å². The minimum atomic E-state index is -0.404. The van der Waals surface area contributed by atoms with Gasteiger partial charge in [-0.3, -0.25) is 4.79 Å². The molecule has 6 heteroatoms. The quantitative estimate of drug-likeness (QED) is 0.628. The van der Waals surface area contributed by atoms with Gasteiger partial charge in [0.15, 0.2) is 0 Å². The molecule has 0 saturated carbocycles. The Hall–Kier alpha value is -3.41. The molecule has 0 unspecified atom stereocenters. The summed E-state index contributed by atoms with van der Waals surface area (Å²) in [6.45, 7) is 0. The number of fused-ring (bicyclic) bond motifs is 1. The molecule has 5 nitrogen and oxygen atoms in total. The summed E-state index contributed by atoms with van der Waals surface area (Å²) < 4.78 is 16.8. The molecule has 118 valence electrons. The molecule has 4 aromatic rings. The van der Waals surface area contributed by atoms with E-state index in [9.17, 15) is 9.18 Å². The lowest BCUT2D eigenvalue weighted by molar-refractivity contribution is 0.101. The molecule has 1 aromatic carbocycles. The monoisotopic (exact) mass is 320 g/mol. The third-order valence-corrected chi connectivity index (χ3v) is 3.72. The van der Waals surface area contributed by atoms with E-state index >= 15 is 0 Å². The molecule has 0 aliphatic heterocycles. The van der Waals surface area contributed by atoms with Gasteiger partial charge in [0, 0.05) is 17.4 Å². The zero-order valence-corrected chi connectivity index (χ0v) is 12.6. The first-order chi connectivity index (χ1) is 11.7. The Morgan fingerprint density at radius 1 is 1.04 bits per heavy atom. The number of amides is 1. The summed E-state index contributed by atoms with van der Waals surface area (Å²) >= 11 is 0. The smallest absolute Gasteiger partial charge is 0.274 e. The van der Waals surface area contributed by atoms with Crippen molar-refractivity contribution in [1.82, 2.24) is 14.2 Å². The van der Waals surface area contributed by atoms with E-state index in [0.29, 0.717) is 11.4 Å². The molecule has 0 bridgehead atoms. The molecule has 0 atom stereocenters. The van der Waals surface area contributed by atoms with E-state index in [1.54, 1.807) is 29.1 Å². The third-order valence-electron chi connectivity index (χ3n) is 3.72. The summed E-state index contributed by atoms with van der Waals surface area (Å²) in [6, 6.07) is 17.1. The maximum Gasteiger partial charge on any atom is 0.274 e. The number of hydrogen-bond donors (Lipinski definition) is 1. The minimum Gasteiger partial charge on any atom is -0.321 e. The van der Waals surface area contributed by atoms with Crippen LogP contribution in [0.4, 0.5) is 10.1 Å². The van der Waals surface area contributed by atoms with Crippen molar-refractivity contribution < 1.29 is 9.18 Å². The number of carbonyl (C=O) groups excluding carboxylic acids is 1. The number of benzene rings is 1. The predicted molar refractivity (Wildman–Crippen MR) is 88.9 cm³/mol. The number of nitrogens with zero attached hydrogens (tertiary/aromatic N) is 3. The molecule has 1 amide bonds. The Morgan fingerprint density at radius 3 is 2.83 bits per heavy atom. The molecule has 0 fully saturated rings. The van der Waals surface area contributed by atoms with E-state index in [4.69, 9.17) is 0 Å². The van der Waals surface area contributed by atoms with Crippen LogP contribution in [0, 0.1) is 5.82 Å². The number of rotatable bonds is 3. The van der Waals surface area contributed by atoms with Gasteiger partial charge in [-0.25, -0.2) is 9.07 Å². The van der Waals surface area contributed by atoms with Crippen LogP contribution < -0.4 is 5.32 Å². The van der Waals surface area contributed by atoms with E-state index in [1.807, 2.05) is 40.9 Å². The number of carbonyl (C=O) groups is 1. The number of nitrogens with one attached hydrogen (secondary N) is 1. The van der Waals surface area contributed by atoms with E-state index < -0.39 is 5.82 Å². The fraction of sp³-hybridized carbons (Fsp3) is 0. The zero-order valence-electron chi connectivity index (χ0n) is 12.6. The highest BCUT2D eigenvalue weighted by atomic mass is 19.1. The van der Waals surface area contributed by atoms with Gasteiger partial charge >= 0.3 is 0 Å². The van der Waals surface area contributed by atoms with Crippen molar-refractivity contribution in [2.45, 2.75) is 0 Å². The minimum absolute atomic E-state index is 0.357. The van der Waals surface area contributed by atoms with Gasteiger partial charge in [0.25, 0.3) is 5.91 Å². The van der Waals surface area contributed by atoms with Crippen molar-refractivity contribution in [3.05, 3.63) is 84.6 Å². The van der Waals surface area contributed by atoms with Gasteiger partial charge in [-0.2, -0.15) is 5.10 Å². The van der Waals surface area contributed by atoms with Gasteiger partial charge in [-0.1, -0.05) is 12.1 Å². The van der Waals surface area contributed by atoms with Gasteiger partial charge in [0.1, 0.15) is 17.3 Å². The Kier molecular flexibility index (Phi) is 3.35. The van der Waals surface area contributed by atoms with Crippen LogP contribution in [0.25, 0.3) is 11.3 Å². The molecule has 0 aliphatic rings. The lowest BCUT2D eigenvalue weighted by Gasteiger charge is -2.09. The number of aromatic nitrogens is 3. The molecule has 0 radical (unpaired) electrons. The first-order valence-electron chi connectivity index (χ1n) is 7.40. The lowest BCUT2D eigenvalue weighted by atomic mass is 10.3.